The van der Waals surface area contributed by atoms with Crippen molar-refractivity contribution in [2.24, 2.45) is 0 Å². The smallest absolute Gasteiger partial charge is 0.125 e. The van der Waals surface area contributed by atoms with Crippen molar-refractivity contribution in [1.29, 1.82) is 0 Å². The molecule has 1 unspecified atom stereocenters. The summed E-state index contributed by atoms with van der Waals surface area (Å²) >= 11 is 0. The lowest BCUT2D eigenvalue weighted by molar-refractivity contribution is 0.473. The van der Waals surface area contributed by atoms with Gasteiger partial charge in [0.15, 0.2) is 0 Å². The highest BCUT2D eigenvalue weighted by molar-refractivity contribution is 5.58. The fraction of sp³-hybridized carbons (Fsp3) is 0.375. The van der Waals surface area contributed by atoms with Gasteiger partial charge >= 0.3 is 0 Å². The third kappa shape index (κ3) is 2.58. The van der Waals surface area contributed by atoms with Crippen LogP contribution < -0.4 is 5.32 Å². The molecule has 1 aromatic carbocycles. The van der Waals surface area contributed by atoms with E-state index in [-0.39, 0.29) is 6.04 Å². The van der Waals surface area contributed by atoms with Crippen molar-refractivity contribution >= 4 is 5.69 Å². The summed E-state index contributed by atoms with van der Waals surface area (Å²) in [7, 11) is 0. The molecule has 1 N–H and O–H groups in total. The van der Waals surface area contributed by atoms with Gasteiger partial charge in [-0.25, -0.2) is 0 Å². The summed E-state index contributed by atoms with van der Waals surface area (Å²) in [6.45, 7) is 6.51. The Kier molecular flexibility index (Phi) is 4.08. The lowest BCUT2D eigenvalue weighted by atomic mass is 10.0. The van der Waals surface area contributed by atoms with Crippen LogP contribution in [0.25, 0.3) is 0 Å². The molecule has 2 rings (SSSR count). The first-order chi connectivity index (χ1) is 8.76. The molecule has 2 heteroatoms. The molecule has 0 aliphatic carbocycles. The molecular formula is C16H21NO. The van der Waals surface area contributed by atoms with E-state index in [1.54, 1.807) is 6.26 Å². The Balaban J connectivity index is 2.27. The van der Waals surface area contributed by atoms with Crippen molar-refractivity contribution in [3.05, 3.63) is 53.5 Å². The molecule has 0 aliphatic rings. The average molecular weight is 243 g/mol. The van der Waals surface area contributed by atoms with Crippen molar-refractivity contribution < 1.29 is 4.42 Å². The Morgan fingerprint density at radius 3 is 2.61 bits per heavy atom. The molecule has 2 nitrogen and oxygen atoms in total. The molecule has 18 heavy (non-hydrogen) atoms. The summed E-state index contributed by atoms with van der Waals surface area (Å²) < 4.78 is 5.51. The van der Waals surface area contributed by atoms with Gasteiger partial charge in [0.2, 0.25) is 0 Å². The maximum absolute atomic E-state index is 5.51. The van der Waals surface area contributed by atoms with Gasteiger partial charge in [0.25, 0.3) is 0 Å². The zero-order valence-electron chi connectivity index (χ0n) is 11.4. The highest BCUT2D eigenvalue weighted by Gasteiger charge is 2.14. The molecule has 0 amide bonds. The number of furan rings is 1. The van der Waals surface area contributed by atoms with E-state index in [1.807, 2.05) is 12.1 Å². The summed E-state index contributed by atoms with van der Waals surface area (Å²) in [6, 6.07) is 10.7. The third-order valence-electron chi connectivity index (χ3n) is 3.35. The Hall–Kier alpha value is -1.70. The van der Waals surface area contributed by atoms with Crippen molar-refractivity contribution in [2.45, 2.75) is 39.7 Å². The van der Waals surface area contributed by atoms with Crippen LogP contribution in [0.1, 0.15) is 43.2 Å². The van der Waals surface area contributed by atoms with Crippen molar-refractivity contribution in [3.8, 4) is 0 Å². The molecule has 0 fully saturated rings. The summed E-state index contributed by atoms with van der Waals surface area (Å²) in [6.07, 6.45) is 3.78. The summed E-state index contributed by atoms with van der Waals surface area (Å²) in [5.41, 5.74) is 3.91. The molecule has 1 atom stereocenters. The lowest BCUT2D eigenvalue weighted by Gasteiger charge is -2.20. The molecule has 96 valence electrons. The van der Waals surface area contributed by atoms with Crippen LogP contribution in [0, 0.1) is 6.92 Å². The fourth-order valence-corrected chi connectivity index (χ4v) is 2.27. The minimum absolute atomic E-state index is 0.242. The van der Waals surface area contributed by atoms with Crippen molar-refractivity contribution in [2.75, 3.05) is 5.32 Å². The van der Waals surface area contributed by atoms with E-state index in [0.29, 0.717) is 0 Å². The van der Waals surface area contributed by atoms with Crippen LogP contribution in [0.3, 0.4) is 0 Å². The van der Waals surface area contributed by atoms with E-state index in [1.165, 1.54) is 16.8 Å². The van der Waals surface area contributed by atoms with E-state index in [2.05, 4.69) is 44.3 Å². The summed E-state index contributed by atoms with van der Waals surface area (Å²) in [5, 5.41) is 3.63. The van der Waals surface area contributed by atoms with E-state index in [0.717, 1.165) is 18.6 Å². The molecule has 0 aliphatic heterocycles. The highest BCUT2D eigenvalue weighted by atomic mass is 16.3. The molecule has 0 saturated heterocycles. The highest BCUT2D eigenvalue weighted by Crippen LogP contribution is 2.28. The number of hydrogen-bond acceptors (Lipinski definition) is 2. The first kappa shape index (κ1) is 12.7. The number of nitrogens with one attached hydrogen (secondary N) is 1. The van der Waals surface area contributed by atoms with Gasteiger partial charge in [-0.05, 0) is 43.0 Å². The zero-order chi connectivity index (χ0) is 13.0. The first-order valence-electron chi connectivity index (χ1n) is 6.64. The van der Waals surface area contributed by atoms with Crippen LogP contribution in [0.4, 0.5) is 5.69 Å². The minimum atomic E-state index is 0.242. The quantitative estimate of drug-likeness (QED) is 0.822. The fourth-order valence-electron chi connectivity index (χ4n) is 2.27. The third-order valence-corrected chi connectivity index (χ3v) is 3.35. The topological polar surface area (TPSA) is 25.2 Å². The van der Waals surface area contributed by atoms with Gasteiger partial charge in [-0.15, -0.1) is 0 Å². The van der Waals surface area contributed by atoms with Crippen LogP contribution in [-0.2, 0) is 6.42 Å². The molecule has 0 bridgehead atoms. The largest absolute Gasteiger partial charge is 0.467 e. The minimum Gasteiger partial charge on any atom is -0.467 e. The summed E-state index contributed by atoms with van der Waals surface area (Å²) in [5.74, 6) is 1.00. The zero-order valence-corrected chi connectivity index (χ0v) is 11.4. The number of anilines is 1. The second-order valence-electron chi connectivity index (χ2n) is 4.58. The molecular weight excluding hydrogens is 222 g/mol. The maximum Gasteiger partial charge on any atom is 0.125 e. The van der Waals surface area contributed by atoms with Crippen LogP contribution in [0.2, 0.25) is 0 Å². The molecule has 2 aromatic rings. The first-order valence-corrected chi connectivity index (χ1v) is 6.64. The molecule has 1 aromatic heterocycles. The van der Waals surface area contributed by atoms with Crippen molar-refractivity contribution in [1.82, 2.24) is 0 Å². The second kappa shape index (κ2) is 5.76. The SMILES string of the molecule is CCc1cccc(C)c1NC(CC)c1ccco1. The Morgan fingerprint density at radius 2 is 2.00 bits per heavy atom. The Labute approximate surface area is 109 Å². The van der Waals surface area contributed by atoms with Gasteiger partial charge in [-0.2, -0.15) is 0 Å². The van der Waals surface area contributed by atoms with Gasteiger partial charge in [0.1, 0.15) is 5.76 Å². The second-order valence-corrected chi connectivity index (χ2v) is 4.58. The normalized spacial score (nSPS) is 12.4. The van der Waals surface area contributed by atoms with E-state index >= 15 is 0 Å². The predicted octanol–water partition coefficient (Wildman–Crippen LogP) is 4.71. The number of hydrogen-bond donors (Lipinski definition) is 1. The van der Waals surface area contributed by atoms with Crippen LogP contribution >= 0.6 is 0 Å². The van der Waals surface area contributed by atoms with Gasteiger partial charge in [0.05, 0.1) is 12.3 Å². The standard InChI is InChI=1S/C16H21NO/c1-4-13-9-6-8-12(3)16(13)17-14(5-2)15-10-7-11-18-15/h6-11,14,17H,4-5H2,1-3H3. The number of para-hydroxylation sites is 1. The van der Waals surface area contributed by atoms with E-state index in [4.69, 9.17) is 4.42 Å². The van der Waals surface area contributed by atoms with Crippen LogP contribution in [-0.4, -0.2) is 0 Å². The van der Waals surface area contributed by atoms with Gasteiger partial charge < -0.3 is 9.73 Å². The van der Waals surface area contributed by atoms with Gasteiger partial charge in [-0.3, -0.25) is 0 Å². The number of rotatable bonds is 5. The number of aryl methyl sites for hydroxylation is 2. The van der Waals surface area contributed by atoms with Crippen LogP contribution in [0.5, 0.6) is 0 Å². The van der Waals surface area contributed by atoms with Crippen molar-refractivity contribution in [3.63, 3.8) is 0 Å². The Morgan fingerprint density at radius 1 is 1.17 bits per heavy atom. The molecule has 0 saturated carbocycles. The van der Waals surface area contributed by atoms with Crippen LogP contribution in [0.15, 0.2) is 41.0 Å². The molecule has 1 heterocycles. The maximum atomic E-state index is 5.51. The Bertz CT molecular complexity index is 488. The molecule has 0 radical (unpaired) electrons. The monoisotopic (exact) mass is 243 g/mol. The van der Waals surface area contributed by atoms with E-state index in [9.17, 15) is 0 Å². The number of benzene rings is 1. The van der Waals surface area contributed by atoms with E-state index < -0.39 is 0 Å². The van der Waals surface area contributed by atoms with Gasteiger partial charge in [-0.1, -0.05) is 32.0 Å². The van der Waals surface area contributed by atoms with Gasteiger partial charge in [0, 0.05) is 5.69 Å². The summed E-state index contributed by atoms with van der Waals surface area (Å²) in [4.78, 5) is 0. The average Bonchev–Trinajstić information content (AvgIpc) is 2.91. The lowest BCUT2D eigenvalue weighted by Crippen LogP contribution is -2.11. The molecule has 0 spiro atoms. The predicted molar refractivity (Wildman–Crippen MR) is 75.9 cm³/mol.